The highest BCUT2D eigenvalue weighted by Crippen LogP contribution is 2.46. The maximum absolute atomic E-state index is 12.1. The molecule has 0 spiro atoms. The van der Waals surface area contributed by atoms with E-state index in [1.165, 1.54) is 5.57 Å². The number of aliphatic hydroxyl groups excluding tert-OH is 4. The second kappa shape index (κ2) is 12.4. The minimum Gasteiger partial charge on any atom is -0.394 e. The van der Waals surface area contributed by atoms with E-state index in [-0.39, 0.29) is 6.61 Å². The lowest BCUT2D eigenvalue weighted by atomic mass is 10.00. The minimum absolute atomic E-state index is 0.0177. The molecule has 9 nitrogen and oxygen atoms in total. The summed E-state index contributed by atoms with van der Waals surface area (Å²) < 4.78 is 26.8. The number of rotatable bonds is 12. The fourth-order valence-electron chi connectivity index (χ4n) is 2.79. The summed E-state index contributed by atoms with van der Waals surface area (Å²) in [5.74, 6) is 0.294. The monoisotopic (exact) mass is 426 g/mol. The van der Waals surface area contributed by atoms with Gasteiger partial charge in [-0.15, -0.1) is 0 Å². The van der Waals surface area contributed by atoms with E-state index in [4.69, 9.17) is 18.9 Å². The SMILES string of the molecule is CC/C(C)=C/CCCC(C)CCOP(=O)(O)OC1OC(CO)C(O)C(O)C1O. The van der Waals surface area contributed by atoms with Crippen molar-refractivity contribution in [3.63, 3.8) is 0 Å². The summed E-state index contributed by atoms with van der Waals surface area (Å²) in [6.45, 7) is 5.57. The molecule has 1 heterocycles. The zero-order valence-electron chi connectivity index (χ0n) is 16.8. The van der Waals surface area contributed by atoms with E-state index in [0.29, 0.717) is 12.3 Å². The molecule has 7 unspecified atom stereocenters. The zero-order chi connectivity index (χ0) is 21.3. The highest BCUT2D eigenvalue weighted by molar-refractivity contribution is 7.47. The molecule has 1 saturated heterocycles. The summed E-state index contributed by atoms with van der Waals surface area (Å²) >= 11 is 0. The number of hydrogen-bond donors (Lipinski definition) is 5. The average Bonchev–Trinajstić information content (AvgIpc) is 2.65. The number of allylic oxidation sites excluding steroid dienone is 2. The molecule has 0 aromatic rings. The van der Waals surface area contributed by atoms with Crippen molar-refractivity contribution in [3.8, 4) is 0 Å². The summed E-state index contributed by atoms with van der Waals surface area (Å²) in [6.07, 6.45) is -1.16. The van der Waals surface area contributed by atoms with Gasteiger partial charge in [0.15, 0.2) is 6.29 Å². The maximum Gasteiger partial charge on any atom is 0.474 e. The molecule has 1 fully saturated rings. The molecule has 5 N–H and O–H groups in total. The van der Waals surface area contributed by atoms with E-state index >= 15 is 0 Å². The third-order valence-corrected chi connectivity index (χ3v) is 5.89. The van der Waals surface area contributed by atoms with Crippen molar-refractivity contribution in [1.29, 1.82) is 0 Å². The normalized spacial score (nSPS) is 32.1. The molecule has 28 heavy (non-hydrogen) atoms. The number of unbranched alkanes of at least 4 members (excludes halogenated alkanes) is 1. The molecule has 10 heteroatoms. The van der Waals surface area contributed by atoms with E-state index in [2.05, 4.69) is 19.9 Å². The fraction of sp³-hybridized carbons (Fsp3) is 0.889. The number of phosphoric acid groups is 1. The Labute approximate surface area is 166 Å². The van der Waals surface area contributed by atoms with Gasteiger partial charge in [0, 0.05) is 0 Å². The lowest BCUT2D eigenvalue weighted by Gasteiger charge is -2.39. The molecular weight excluding hydrogens is 391 g/mol. The Kier molecular flexibility index (Phi) is 11.3. The van der Waals surface area contributed by atoms with Crippen LogP contribution in [0.1, 0.15) is 52.9 Å². The first kappa shape index (κ1) is 25.7. The average molecular weight is 426 g/mol. The van der Waals surface area contributed by atoms with Crippen LogP contribution in [0.25, 0.3) is 0 Å². The number of hydrogen-bond acceptors (Lipinski definition) is 8. The molecule has 1 rings (SSSR count). The van der Waals surface area contributed by atoms with Gasteiger partial charge in [0.25, 0.3) is 0 Å². The van der Waals surface area contributed by atoms with Gasteiger partial charge in [-0.2, -0.15) is 0 Å². The van der Waals surface area contributed by atoms with Crippen molar-refractivity contribution >= 4 is 7.82 Å². The minimum atomic E-state index is -4.56. The summed E-state index contributed by atoms with van der Waals surface area (Å²) in [5, 5.41) is 38.3. The quantitative estimate of drug-likeness (QED) is 0.178. The van der Waals surface area contributed by atoms with Crippen LogP contribution in [0.15, 0.2) is 11.6 Å². The van der Waals surface area contributed by atoms with Crippen LogP contribution < -0.4 is 0 Å². The first-order valence-corrected chi connectivity index (χ1v) is 11.2. The van der Waals surface area contributed by atoms with Crippen LogP contribution in [-0.2, 0) is 18.3 Å². The molecule has 0 amide bonds. The van der Waals surface area contributed by atoms with Crippen LogP contribution in [0.3, 0.4) is 0 Å². The Bertz CT molecular complexity index is 525. The Morgan fingerprint density at radius 1 is 1.21 bits per heavy atom. The van der Waals surface area contributed by atoms with Crippen molar-refractivity contribution in [2.45, 2.75) is 83.6 Å². The van der Waals surface area contributed by atoms with Crippen LogP contribution in [0.2, 0.25) is 0 Å². The third-order valence-electron chi connectivity index (χ3n) is 4.90. The standard InChI is InChI=1S/C18H35O9P/c1-4-12(2)7-5-6-8-13(3)9-10-25-28(23,24)27-18-17(22)16(21)15(20)14(11-19)26-18/h7,13-22H,4-6,8-11H2,1-3H3,(H,23,24)/b12-7+. The Hall–Kier alpha value is -0.350. The predicted molar refractivity (Wildman–Crippen MR) is 102 cm³/mol. The number of phosphoric ester groups is 1. The van der Waals surface area contributed by atoms with E-state index < -0.39 is 45.1 Å². The molecular formula is C18H35O9P. The highest BCUT2D eigenvalue weighted by atomic mass is 31.2. The Morgan fingerprint density at radius 3 is 2.50 bits per heavy atom. The lowest BCUT2D eigenvalue weighted by molar-refractivity contribution is -0.281. The Morgan fingerprint density at radius 2 is 1.89 bits per heavy atom. The molecule has 0 aromatic carbocycles. The van der Waals surface area contributed by atoms with E-state index in [1.54, 1.807) is 0 Å². The Balaban J connectivity index is 2.38. The van der Waals surface area contributed by atoms with Gasteiger partial charge >= 0.3 is 7.82 Å². The first-order valence-electron chi connectivity index (χ1n) is 9.73. The van der Waals surface area contributed by atoms with Crippen LogP contribution in [-0.4, -0.2) is 69.2 Å². The van der Waals surface area contributed by atoms with Gasteiger partial charge in [0.1, 0.15) is 24.4 Å². The number of aliphatic hydroxyl groups is 4. The van der Waals surface area contributed by atoms with E-state index in [1.807, 2.05) is 6.92 Å². The summed E-state index contributed by atoms with van der Waals surface area (Å²) in [4.78, 5) is 9.82. The van der Waals surface area contributed by atoms with Gasteiger partial charge in [0.2, 0.25) is 0 Å². The van der Waals surface area contributed by atoms with Crippen molar-refractivity contribution in [2.24, 2.45) is 5.92 Å². The molecule has 1 aliphatic rings. The smallest absolute Gasteiger partial charge is 0.394 e. The fourth-order valence-corrected chi connectivity index (χ4v) is 3.62. The molecule has 0 aliphatic carbocycles. The van der Waals surface area contributed by atoms with Crippen LogP contribution in [0.4, 0.5) is 0 Å². The summed E-state index contributed by atoms with van der Waals surface area (Å²) in [6, 6.07) is 0. The predicted octanol–water partition coefficient (Wildman–Crippen LogP) is 1.47. The van der Waals surface area contributed by atoms with Gasteiger partial charge in [-0.05, 0) is 38.5 Å². The molecule has 166 valence electrons. The molecule has 0 bridgehead atoms. The second-order valence-electron chi connectivity index (χ2n) is 7.33. The van der Waals surface area contributed by atoms with Crippen LogP contribution >= 0.6 is 7.82 Å². The van der Waals surface area contributed by atoms with Crippen molar-refractivity contribution in [2.75, 3.05) is 13.2 Å². The zero-order valence-corrected chi connectivity index (χ0v) is 17.7. The van der Waals surface area contributed by atoms with Crippen LogP contribution in [0, 0.1) is 5.92 Å². The van der Waals surface area contributed by atoms with Crippen molar-refractivity contribution < 1.29 is 43.7 Å². The van der Waals surface area contributed by atoms with Crippen molar-refractivity contribution in [1.82, 2.24) is 0 Å². The third kappa shape index (κ3) is 8.57. The molecule has 1 aliphatic heterocycles. The van der Waals surface area contributed by atoms with Gasteiger partial charge in [-0.1, -0.05) is 31.9 Å². The largest absolute Gasteiger partial charge is 0.474 e. The van der Waals surface area contributed by atoms with Gasteiger partial charge in [-0.3, -0.25) is 9.05 Å². The van der Waals surface area contributed by atoms with Gasteiger partial charge in [0.05, 0.1) is 13.2 Å². The van der Waals surface area contributed by atoms with Gasteiger partial charge in [-0.25, -0.2) is 4.57 Å². The summed E-state index contributed by atoms with van der Waals surface area (Å²) in [5.41, 5.74) is 1.36. The molecule has 0 saturated carbocycles. The van der Waals surface area contributed by atoms with Crippen LogP contribution in [0.5, 0.6) is 0 Å². The second-order valence-corrected chi connectivity index (χ2v) is 8.74. The van der Waals surface area contributed by atoms with E-state index in [9.17, 15) is 24.8 Å². The highest BCUT2D eigenvalue weighted by Gasteiger charge is 2.46. The molecule has 7 atom stereocenters. The van der Waals surface area contributed by atoms with E-state index in [0.717, 1.165) is 25.7 Å². The lowest BCUT2D eigenvalue weighted by Crippen LogP contribution is -2.58. The summed E-state index contributed by atoms with van der Waals surface area (Å²) in [7, 11) is -4.56. The topological polar surface area (TPSA) is 146 Å². The maximum atomic E-state index is 12.1. The first-order chi connectivity index (χ1) is 13.1. The number of ether oxygens (including phenoxy) is 1. The molecule has 0 aromatic heterocycles. The van der Waals surface area contributed by atoms with Crippen molar-refractivity contribution in [3.05, 3.63) is 11.6 Å². The molecule has 0 radical (unpaired) electrons. The van der Waals surface area contributed by atoms with Gasteiger partial charge < -0.3 is 30.1 Å².